The Bertz CT molecular complexity index is 496. The van der Waals surface area contributed by atoms with Gasteiger partial charge in [0.25, 0.3) is 0 Å². The van der Waals surface area contributed by atoms with E-state index in [4.69, 9.17) is 5.73 Å². The minimum absolute atomic E-state index is 0.568. The fraction of sp³-hybridized carbons (Fsp3) is 0.611. The SMILES string of the molecule is CC1CCN(Cc2ccc(CN=C(N)NC3CC3)cc2)CC1. The van der Waals surface area contributed by atoms with Crippen LogP contribution in [0.25, 0.3) is 0 Å². The Morgan fingerprint density at radius 2 is 1.77 bits per heavy atom. The molecule has 0 aromatic heterocycles. The minimum Gasteiger partial charge on any atom is -0.370 e. The molecule has 1 aromatic rings. The molecular weight excluding hydrogens is 272 g/mol. The van der Waals surface area contributed by atoms with E-state index < -0.39 is 0 Å². The van der Waals surface area contributed by atoms with Crippen molar-refractivity contribution in [1.29, 1.82) is 0 Å². The molecule has 120 valence electrons. The van der Waals surface area contributed by atoms with Crippen molar-refractivity contribution in [2.24, 2.45) is 16.6 Å². The van der Waals surface area contributed by atoms with Crippen molar-refractivity contribution < 1.29 is 0 Å². The first kappa shape index (κ1) is 15.3. The summed E-state index contributed by atoms with van der Waals surface area (Å²) in [5.41, 5.74) is 8.47. The highest BCUT2D eigenvalue weighted by molar-refractivity contribution is 5.78. The first-order valence-electron chi connectivity index (χ1n) is 8.55. The highest BCUT2D eigenvalue weighted by atomic mass is 15.1. The first-order chi connectivity index (χ1) is 10.7. The summed E-state index contributed by atoms with van der Waals surface area (Å²) >= 11 is 0. The van der Waals surface area contributed by atoms with Crippen LogP contribution in [0.2, 0.25) is 0 Å². The van der Waals surface area contributed by atoms with Gasteiger partial charge in [0.1, 0.15) is 0 Å². The molecule has 22 heavy (non-hydrogen) atoms. The normalized spacial score (nSPS) is 21.0. The largest absolute Gasteiger partial charge is 0.370 e. The van der Waals surface area contributed by atoms with Gasteiger partial charge in [-0.3, -0.25) is 4.90 Å². The van der Waals surface area contributed by atoms with Gasteiger partial charge in [0.05, 0.1) is 6.54 Å². The van der Waals surface area contributed by atoms with Crippen molar-refractivity contribution in [3.8, 4) is 0 Å². The Hall–Kier alpha value is -1.55. The van der Waals surface area contributed by atoms with Crippen LogP contribution < -0.4 is 11.1 Å². The number of rotatable bonds is 5. The average molecular weight is 300 g/mol. The molecule has 4 nitrogen and oxygen atoms in total. The van der Waals surface area contributed by atoms with Crippen molar-refractivity contribution in [1.82, 2.24) is 10.2 Å². The standard InChI is InChI=1S/C18H28N4/c1-14-8-10-22(11-9-14)13-16-4-2-15(3-5-16)12-20-18(19)21-17-6-7-17/h2-5,14,17H,6-13H2,1H3,(H3,19,20,21). The molecule has 0 radical (unpaired) electrons. The van der Waals surface area contributed by atoms with Gasteiger partial charge in [-0.25, -0.2) is 4.99 Å². The number of benzene rings is 1. The number of nitrogens with two attached hydrogens (primary N) is 1. The molecule has 2 aliphatic rings. The zero-order valence-corrected chi connectivity index (χ0v) is 13.6. The number of nitrogens with zero attached hydrogens (tertiary/aromatic N) is 2. The van der Waals surface area contributed by atoms with Gasteiger partial charge >= 0.3 is 0 Å². The fourth-order valence-corrected chi connectivity index (χ4v) is 2.89. The molecule has 1 aliphatic heterocycles. The molecule has 0 amide bonds. The highest BCUT2D eigenvalue weighted by Crippen LogP contribution is 2.19. The molecule has 0 unspecified atom stereocenters. The van der Waals surface area contributed by atoms with Crippen molar-refractivity contribution in [3.63, 3.8) is 0 Å². The Labute approximate surface area is 133 Å². The third-order valence-electron chi connectivity index (χ3n) is 4.67. The lowest BCUT2D eigenvalue weighted by Gasteiger charge is -2.30. The van der Waals surface area contributed by atoms with E-state index in [-0.39, 0.29) is 0 Å². The Kier molecular flexibility index (Phi) is 4.98. The molecule has 0 atom stereocenters. The Morgan fingerprint density at radius 3 is 2.41 bits per heavy atom. The number of piperidine rings is 1. The van der Waals surface area contributed by atoms with Gasteiger partial charge in [0.2, 0.25) is 0 Å². The van der Waals surface area contributed by atoms with Crippen LogP contribution in [-0.2, 0) is 13.1 Å². The maximum Gasteiger partial charge on any atom is 0.189 e. The van der Waals surface area contributed by atoms with Crippen LogP contribution in [0.15, 0.2) is 29.3 Å². The molecule has 4 heteroatoms. The van der Waals surface area contributed by atoms with Crippen molar-refractivity contribution in [2.75, 3.05) is 13.1 Å². The van der Waals surface area contributed by atoms with Gasteiger partial charge in [0, 0.05) is 12.6 Å². The molecule has 1 aliphatic carbocycles. The lowest BCUT2D eigenvalue weighted by molar-refractivity contribution is 0.185. The van der Waals surface area contributed by atoms with Crippen LogP contribution in [0.1, 0.15) is 43.7 Å². The van der Waals surface area contributed by atoms with Crippen molar-refractivity contribution >= 4 is 5.96 Å². The number of hydrogen-bond donors (Lipinski definition) is 2. The molecule has 2 fully saturated rings. The van der Waals surface area contributed by atoms with E-state index in [1.807, 2.05) is 0 Å². The lowest BCUT2D eigenvalue weighted by Crippen LogP contribution is -2.33. The molecular formula is C18H28N4. The number of aliphatic imine (C=N–C) groups is 1. The summed E-state index contributed by atoms with van der Waals surface area (Å²) in [6.45, 7) is 6.55. The molecule has 3 rings (SSSR count). The van der Waals surface area contributed by atoms with Crippen molar-refractivity contribution in [2.45, 2.75) is 51.7 Å². The predicted octanol–water partition coefficient (Wildman–Crippen LogP) is 2.49. The van der Waals surface area contributed by atoms with Gasteiger partial charge in [-0.05, 0) is 55.8 Å². The second-order valence-electron chi connectivity index (χ2n) is 6.90. The monoisotopic (exact) mass is 300 g/mol. The second kappa shape index (κ2) is 7.14. The van der Waals surface area contributed by atoms with E-state index in [9.17, 15) is 0 Å². The minimum atomic E-state index is 0.568. The maximum atomic E-state index is 5.86. The quantitative estimate of drug-likeness (QED) is 0.649. The summed E-state index contributed by atoms with van der Waals surface area (Å²) in [5.74, 6) is 1.47. The number of hydrogen-bond acceptors (Lipinski definition) is 2. The van der Waals surface area contributed by atoms with Crippen LogP contribution in [0.3, 0.4) is 0 Å². The third-order valence-corrected chi connectivity index (χ3v) is 4.67. The van der Waals surface area contributed by atoms with Gasteiger partial charge in [-0.2, -0.15) is 0 Å². The molecule has 1 heterocycles. The van der Waals surface area contributed by atoms with E-state index in [1.54, 1.807) is 0 Å². The lowest BCUT2D eigenvalue weighted by atomic mass is 9.99. The van der Waals surface area contributed by atoms with E-state index in [1.165, 1.54) is 49.9 Å². The Morgan fingerprint density at radius 1 is 1.14 bits per heavy atom. The highest BCUT2D eigenvalue weighted by Gasteiger charge is 2.21. The smallest absolute Gasteiger partial charge is 0.189 e. The summed E-state index contributed by atoms with van der Waals surface area (Å²) in [5, 5.41) is 3.21. The topological polar surface area (TPSA) is 53.6 Å². The summed E-state index contributed by atoms with van der Waals surface area (Å²) in [4.78, 5) is 6.96. The van der Waals surface area contributed by atoms with Crippen LogP contribution in [0.5, 0.6) is 0 Å². The molecule has 3 N–H and O–H groups in total. The van der Waals surface area contributed by atoms with Gasteiger partial charge in [0.15, 0.2) is 5.96 Å². The summed E-state index contributed by atoms with van der Waals surface area (Å²) in [6, 6.07) is 9.38. The van der Waals surface area contributed by atoms with E-state index in [0.29, 0.717) is 18.5 Å². The van der Waals surface area contributed by atoms with Crippen LogP contribution in [0.4, 0.5) is 0 Å². The molecule has 0 spiro atoms. The molecule has 1 aromatic carbocycles. The maximum absolute atomic E-state index is 5.86. The third kappa shape index (κ3) is 4.73. The van der Waals surface area contributed by atoms with Crippen molar-refractivity contribution in [3.05, 3.63) is 35.4 Å². The average Bonchev–Trinajstić information content (AvgIpc) is 3.33. The van der Waals surface area contributed by atoms with E-state index in [0.717, 1.165) is 12.5 Å². The molecule has 0 bridgehead atoms. The summed E-state index contributed by atoms with van der Waals surface area (Å²) in [6.07, 6.45) is 5.11. The zero-order chi connectivity index (χ0) is 15.4. The zero-order valence-electron chi connectivity index (χ0n) is 13.6. The number of likely N-dealkylation sites (tertiary alicyclic amines) is 1. The second-order valence-corrected chi connectivity index (χ2v) is 6.90. The summed E-state index contributed by atoms with van der Waals surface area (Å²) < 4.78 is 0. The van der Waals surface area contributed by atoms with Crippen LogP contribution >= 0.6 is 0 Å². The van der Waals surface area contributed by atoms with Gasteiger partial charge < -0.3 is 11.1 Å². The van der Waals surface area contributed by atoms with Crippen LogP contribution in [-0.4, -0.2) is 30.0 Å². The first-order valence-corrected chi connectivity index (χ1v) is 8.55. The fourth-order valence-electron chi connectivity index (χ4n) is 2.89. The molecule has 1 saturated heterocycles. The van der Waals surface area contributed by atoms with Gasteiger partial charge in [-0.1, -0.05) is 31.2 Å². The van der Waals surface area contributed by atoms with E-state index in [2.05, 4.69) is 46.4 Å². The number of guanidine groups is 1. The van der Waals surface area contributed by atoms with Crippen LogP contribution in [0, 0.1) is 5.92 Å². The Balaban J connectivity index is 1.47. The van der Waals surface area contributed by atoms with Gasteiger partial charge in [-0.15, -0.1) is 0 Å². The number of nitrogens with one attached hydrogen (secondary N) is 1. The molecule has 1 saturated carbocycles. The summed E-state index contributed by atoms with van der Waals surface area (Å²) in [7, 11) is 0. The predicted molar refractivity (Wildman–Crippen MR) is 91.6 cm³/mol. The van der Waals surface area contributed by atoms with E-state index >= 15 is 0 Å².